The van der Waals surface area contributed by atoms with Crippen LogP contribution < -0.4 is 20.2 Å². The Morgan fingerprint density at radius 3 is 2.47 bits per heavy atom. The van der Waals surface area contributed by atoms with Gasteiger partial charge in [0.15, 0.2) is 11.5 Å². The summed E-state index contributed by atoms with van der Waals surface area (Å²) in [5, 5.41) is 6.75. The average molecular weight is 569 g/mol. The maximum absolute atomic E-state index is 13.1. The first-order chi connectivity index (χ1) is 16.3. The highest BCUT2D eigenvalue weighted by molar-refractivity contribution is 9.10. The van der Waals surface area contributed by atoms with Gasteiger partial charge in [-0.05, 0) is 69.5 Å². The molecule has 0 heterocycles. The van der Waals surface area contributed by atoms with Crippen molar-refractivity contribution in [1.29, 1.82) is 0 Å². The number of halogens is 4. The molecule has 0 saturated carbocycles. The number of rotatable bonds is 7. The molecule has 0 unspecified atom stereocenters. The second-order valence-electron chi connectivity index (χ2n) is 6.73. The van der Waals surface area contributed by atoms with E-state index in [1.54, 1.807) is 24.3 Å². The molecule has 0 saturated heterocycles. The van der Waals surface area contributed by atoms with E-state index in [4.69, 9.17) is 32.7 Å². The second-order valence-corrected chi connectivity index (χ2v) is 8.40. The number of nitrogens with zero attached hydrogens (tertiary/aromatic N) is 1. The summed E-state index contributed by atoms with van der Waals surface area (Å²) in [6, 6.07) is 13.7. The topological polar surface area (TPSA) is 89.0 Å². The highest BCUT2D eigenvalue weighted by Crippen LogP contribution is 2.36. The molecule has 2 N–H and O–H groups in total. The van der Waals surface area contributed by atoms with Crippen LogP contribution in [-0.2, 0) is 16.2 Å². The first kappa shape index (κ1) is 25.5. The Labute approximate surface area is 213 Å². The number of hydrogen-bond donors (Lipinski definition) is 2. The predicted molar refractivity (Wildman–Crippen MR) is 132 cm³/mol. The van der Waals surface area contributed by atoms with Gasteiger partial charge in [-0.25, -0.2) is 9.82 Å². The number of ether oxygens (including phenoxy) is 2. The van der Waals surface area contributed by atoms with Crippen molar-refractivity contribution >= 4 is 62.8 Å². The molecule has 0 fully saturated rings. The summed E-state index contributed by atoms with van der Waals surface area (Å²) in [4.78, 5) is 24.0. The molecule has 0 aromatic heterocycles. The van der Waals surface area contributed by atoms with Crippen molar-refractivity contribution in [3.63, 3.8) is 0 Å². The van der Waals surface area contributed by atoms with E-state index in [1.165, 1.54) is 43.7 Å². The third-order valence-corrected chi connectivity index (χ3v) is 5.64. The quantitative estimate of drug-likeness (QED) is 0.221. The smallest absolute Gasteiger partial charge is 0.329 e. The fourth-order valence-corrected chi connectivity index (χ4v) is 3.54. The molecule has 11 heteroatoms. The van der Waals surface area contributed by atoms with Crippen LogP contribution in [0.4, 0.5) is 10.1 Å². The minimum absolute atomic E-state index is 0.201. The molecule has 0 bridgehead atoms. The molecule has 0 aliphatic heterocycles. The van der Waals surface area contributed by atoms with Gasteiger partial charge in [0.05, 0.1) is 27.8 Å². The molecule has 0 radical (unpaired) electrons. The lowest BCUT2D eigenvalue weighted by molar-refractivity contribution is -0.136. The van der Waals surface area contributed by atoms with Gasteiger partial charge in [-0.2, -0.15) is 5.10 Å². The summed E-state index contributed by atoms with van der Waals surface area (Å²) in [6.45, 7) is 0.201. The molecule has 7 nitrogen and oxygen atoms in total. The average Bonchev–Trinajstić information content (AvgIpc) is 2.81. The van der Waals surface area contributed by atoms with E-state index in [0.717, 1.165) is 5.56 Å². The third kappa shape index (κ3) is 6.93. The van der Waals surface area contributed by atoms with Crippen LogP contribution in [0.1, 0.15) is 11.1 Å². The number of carbonyl (C=O) groups excluding carboxylic acids is 2. The standard InChI is InChI=1S/C23H17BrCl2FN3O4/c1-33-20-9-14(8-17(24)21(20)34-12-13-2-4-15(27)5-3-13)11-28-30-23(32)22(31)29-16-6-7-18(25)19(26)10-16/h2-11H,12H2,1H3,(H,29,31)(H,30,32). The van der Waals surface area contributed by atoms with Gasteiger partial charge in [-0.3, -0.25) is 9.59 Å². The molecule has 34 heavy (non-hydrogen) atoms. The SMILES string of the molecule is COc1cc(C=NNC(=O)C(=O)Nc2ccc(Cl)c(Cl)c2)cc(Br)c1OCc1ccc(F)cc1. The predicted octanol–water partition coefficient (Wildman–Crippen LogP) is 5.57. The largest absolute Gasteiger partial charge is 0.493 e. The molecule has 2 amide bonds. The van der Waals surface area contributed by atoms with Crippen molar-refractivity contribution in [1.82, 2.24) is 5.43 Å². The second kappa shape index (κ2) is 11.8. The molecule has 3 rings (SSSR count). The van der Waals surface area contributed by atoms with Crippen LogP contribution >= 0.6 is 39.1 Å². The number of benzene rings is 3. The van der Waals surface area contributed by atoms with Crippen molar-refractivity contribution in [3.8, 4) is 11.5 Å². The van der Waals surface area contributed by atoms with Gasteiger partial charge in [0.1, 0.15) is 12.4 Å². The van der Waals surface area contributed by atoms with Gasteiger partial charge >= 0.3 is 11.8 Å². The number of nitrogens with one attached hydrogen (secondary N) is 2. The van der Waals surface area contributed by atoms with Gasteiger partial charge in [0.25, 0.3) is 0 Å². The monoisotopic (exact) mass is 567 g/mol. The van der Waals surface area contributed by atoms with E-state index < -0.39 is 11.8 Å². The number of amides is 2. The summed E-state index contributed by atoms with van der Waals surface area (Å²) in [7, 11) is 1.47. The summed E-state index contributed by atoms with van der Waals surface area (Å²) in [6.07, 6.45) is 1.33. The highest BCUT2D eigenvalue weighted by Gasteiger charge is 2.14. The van der Waals surface area contributed by atoms with Crippen LogP contribution in [0.3, 0.4) is 0 Å². The molecule has 0 aliphatic rings. The Kier molecular flexibility index (Phi) is 8.86. The minimum Gasteiger partial charge on any atom is -0.493 e. The van der Waals surface area contributed by atoms with Crippen molar-refractivity contribution in [2.75, 3.05) is 12.4 Å². The molecule has 0 aliphatic carbocycles. The fourth-order valence-electron chi connectivity index (χ4n) is 2.67. The van der Waals surface area contributed by atoms with Crippen molar-refractivity contribution in [2.24, 2.45) is 5.10 Å². The fraction of sp³-hybridized carbons (Fsp3) is 0.0870. The highest BCUT2D eigenvalue weighted by atomic mass is 79.9. The number of hydrazone groups is 1. The summed E-state index contributed by atoms with van der Waals surface area (Å²) in [5.41, 5.74) is 3.79. The molecule has 0 atom stereocenters. The van der Waals surface area contributed by atoms with E-state index in [-0.39, 0.29) is 17.4 Å². The molecule has 0 spiro atoms. The lowest BCUT2D eigenvalue weighted by atomic mass is 10.2. The number of methoxy groups -OCH3 is 1. The van der Waals surface area contributed by atoms with E-state index in [9.17, 15) is 14.0 Å². The first-order valence-corrected chi connectivity index (χ1v) is 11.2. The van der Waals surface area contributed by atoms with Crippen LogP contribution in [0, 0.1) is 5.82 Å². The van der Waals surface area contributed by atoms with E-state index in [2.05, 4.69) is 31.8 Å². The van der Waals surface area contributed by atoms with Gasteiger partial charge in [0, 0.05) is 5.69 Å². The molecule has 3 aromatic rings. The molecule has 176 valence electrons. The Balaban J connectivity index is 1.61. The number of hydrogen-bond acceptors (Lipinski definition) is 5. The molecular weight excluding hydrogens is 552 g/mol. The minimum atomic E-state index is -0.979. The van der Waals surface area contributed by atoms with Gasteiger partial charge in [-0.1, -0.05) is 35.3 Å². The van der Waals surface area contributed by atoms with Crippen LogP contribution in [-0.4, -0.2) is 25.1 Å². The third-order valence-electron chi connectivity index (χ3n) is 4.31. The maximum atomic E-state index is 13.1. The lowest BCUT2D eigenvalue weighted by Gasteiger charge is -2.13. The Hall–Kier alpha value is -3.14. The summed E-state index contributed by atoms with van der Waals surface area (Å²) < 4.78 is 24.8. The zero-order valence-electron chi connectivity index (χ0n) is 17.6. The zero-order chi connectivity index (χ0) is 24.7. The summed E-state index contributed by atoms with van der Waals surface area (Å²) in [5.74, 6) is -1.40. The Morgan fingerprint density at radius 1 is 1.06 bits per heavy atom. The van der Waals surface area contributed by atoms with Crippen LogP contribution in [0.15, 0.2) is 64.2 Å². The first-order valence-electron chi connectivity index (χ1n) is 9.61. The Bertz CT molecular complexity index is 1240. The van der Waals surface area contributed by atoms with Crippen molar-refractivity contribution in [2.45, 2.75) is 6.61 Å². The van der Waals surface area contributed by atoms with Crippen LogP contribution in [0.25, 0.3) is 0 Å². The van der Waals surface area contributed by atoms with E-state index >= 15 is 0 Å². The van der Waals surface area contributed by atoms with E-state index in [1.807, 2.05) is 0 Å². The normalized spacial score (nSPS) is 10.7. The summed E-state index contributed by atoms with van der Waals surface area (Å²) >= 11 is 15.1. The van der Waals surface area contributed by atoms with E-state index in [0.29, 0.717) is 32.2 Å². The van der Waals surface area contributed by atoms with Gasteiger partial charge in [0.2, 0.25) is 0 Å². The Morgan fingerprint density at radius 2 is 1.79 bits per heavy atom. The van der Waals surface area contributed by atoms with Gasteiger partial charge in [-0.15, -0.1) is 0 Å². The van der Waals surface area contributed by atoms with Crippen LogP contribution in [0.2, 0.25) is 10.0 Å². The zero-order valence-corrected chi connectivity index (χ0v) is 20.7. The van der Waals surface area contributed by atoms with Crippen LogP contribution in [0.5, 0.6) is 11.5 Å². The van der Waals surface area contributed by atoms with Gasteiger partial charge < -0.3 is 14.8 Å². The van der Waals surface area contributed by atoms with Crippen molar-refractivity contribution in [3.05, 3.63) is 86.1 Å². The molecular formula is C23H17BrCl2FN3O4. The number of anilines is 1. The maximum Gasteiger partial charge on any atom is 0.329 e. The number of carbonyl (C=O) groups is 2. The molecule has 3 aromatic carbocycles. The van der Waals surface area contributed by atoms with Crippen molar-refractivity contribution < 1.29 is 23.5 Å². The lowest BCUT2D eigenvalue weighted by Crippen LogP contribution is -2.32.